The molecular formula is C9H18N4O2. The van der Waals surface area contributed by atoms with Gasteiger partial charge < -0.3 is 11.1 Å². The van der Waals surface area contributed by atoms with Crippen molar-refractivity contribution in [3.8, 4) is 0 Å². The van der Waals surface area contributed by atoms with Crippen LogP contribution < -0.4 is 16.4 Å². The monoisotopic (exact) mass is 214 g/mol. The second-order valence-electron chi connectivity index (χ2n) is 4.08. The lowest BCUT2D eigenvalue weighted by atomic mass is 10.1. The zero-order valence-corrected chi connectivity index (χ0v) is 9.12. The van der Waals surface area contributed by atoms with E-state index < -0.39 is 6.03 Å². The number of nitrogens with zero attached hydrogens (tertiary/aromatic N) is 1. The molecule has 86 valence electrons. The molecule has 0 aromatic rings. The van der Waals surface area contributed by atoms with E-state index in [-0.39, 0.29) is 12.5 Å². The SMILES string of the molecule is CC1CN(CC(=O)NC(N)=O)CC(C)N1. The van der Waals surface area contributed by atoms with E-state index in [0.717, 1.165) is 13.1 Å². The Hall–Kier alpha value is -1.14. The first-order valence-electron chi connectivity index (χ1n) is 5.05. The zero-order chi connectivity index (χ0) is 11.4. The molecule has 1 fully saturated rings. The highest BCUT2D eigenvalue weighted by Gasteiger charge is 2.22. The van der Waals surface area contributed by atoms with E-state index in [1.165, 1.54) is 0 Å². The summed E-state index contributed by atoms with van der Waals surface area (Å²) in [4.78, 5) is 23.7. The summed E-state index contributed by atoms with van der Waals surface area (Å²) in [6.45, 7) is 5.95. The Morgan fingerprint density at radius 2 is 1.93 bits per heavy atom. The third-order valence-corrected chi connectivity index (χ3v) is 2.26. The van der Waals surface area contributed by atoms with Crippen LogP contribution in [0, 0.1) is 0 Å². The molecule has 6 nitrogen and oxygen atoms in total. The van der Waals surface area contributed by atoms with Crippen LogP contribution in [-0.2, 0) is 4.79 Å². The highest BCUT2D eigenvalue weighted by molar-refractivity contribution is 5.94. The van der Waals surface area contributed by atoms with Gasteiger partial charge in [0.15, 0.2) is 0 Å². The van der Waals surface area contributed by atoms with Crippen molar-refractivity contribution in [2.75, 3.05) is 19.6 Å². The molecule has 0 aromatic heterocycles. The van der Waals surface area contributed by atoms with E-state index in [2.05, 4.69) is 24.5 Å². The molecule has 0 saturated carbocycles. The van der Waals surface area contributed by atoms with Gasteiger partial charge >= 0.3 is 6.03 Å². The predicted octanol–water partition coefficient (Wildman–Crippen LogP) is -1.14. The number of hydrogen-bond acceptors (Lipinski definition) is 4. The van der Waals surface area contributed by atoms with E-state index in [4.69, 9.17) is 5.73 Å². The normalized spacial score (nSPS) is 27.3. The van der Waals surface area contributed by atoms with Crippen molar-refractivity contribution in [3.05, 3.63) is 0 Å². The lowest BCUT2D eigenvalue weighted by Gasteiger charge is -2.35. The van der Waals surface area contributed by atoms with Gasteiger partial charge in [-0.05, 0) is 13.8 Å². The van der Waals surface area contributed by atoms with Gasteiger partial charge in [-0.15, -0.1) is 0 Å². The van der Waals surface area contributed by atoms with Gasteiger partial charge in [0.1, 0.15) is 0 Å². The van der Waals surface area contributed by atoms with Crippen molar-refractivity contribution < 1.29 is 9.59 Å². The number of carbonyl (C=O) groups is 2. The summed E-state index contributed by atoms with van der Waals surface area (Å²) < 4.78 is 0. The number of hydrogen-bond donors (Lipinski definition) is 3. The number of nitrogens with two attached hydrogens (primary N) is 1. The van der Waals surface area contributed by atoms with Crippen LogP contribution in [0.2, 0.25) is 0 Å². The Bertz CT molecular complexity index is 246. The first kappa shape index (κ1) is 11.9. The molecule has 1 rings (SSSR count). The van der Waals surface area contributed by atoms with Crippen molar-refractivity contribution in [2.24, 2.45) is 5.73 Å². The van der Waals surface area contributed by atoms with Gasteiger partial charge in [0.25, 0.3) is 0 Å². The molecule has 0 bridgehead atoms. The highest BCUT2D eigenvalue weighted by Crippen LogP contribution is 2.02. The molecule has 6 heteroatoms. The van der Waals surface area contributed by atoms with Gasteiger partial charge in [-0.2, -0.15) is 0 Å². The summed E-state index contributed by atoms with van der Waals surface area (Å²) in [6.07, 6.45) is 0. The number of nitrogens with one attached hydrogen (secondary N) is 2. The van der Waals surface area contributed by atoms with E-state index in [0.29, 0.717) is 12.1 Å². The smallest absolute Gasteiger partial charge is 0.318 e. The molecule has 1 aliphatic rings. The zero-order valence-electron chi connectivity index (χ0n) is 9.12. The topological polar surface area (TPSA) is 87.5 Å². The summed E-state index contributed by atoms with van der Waals surface area (Å²) in [5, 5.41) is 5.42. The molecule has 1 heterocycles. The minimum absolute atomic E-state index is 0.222. The summed E-state index contributed by atoms with van der Waals surface area (Å²) in [7, 11) is 0. The fourth-order valence-corrected chi connectivity index (χ4v) is 1.95. The average molecular weight is 214 g/mol. The van der Waals surface area contributed by atoms with E-state index in [9.17, 15) is 9.59 Å². The Labute approximate surface area is 89.2 Å². The summed E-state index contributed by atoms with van der Waals surface area (Å²) in [6, 6.07) is -0.0820. The molecule has 1 aliphatic heterocycles. The Kier molecular flexibility index (Phi) is 4.05. The molecule has 2 atom stereocenters. The van der Waals surface area contributed by atoms with Crippen LogP contribution in [0.25, 0.3) is 0 Å². The number of imide groups is 1. The van der Waals surface area contributed by atoms with Crippen LogP contribution in [0.5, 0.6) is 0 Å². The number of rotatable bonds is 2. The van der Waals surface area contributed by atoms with E-state index >= 15 is 0 Å². The average Bonchev–Trinajstić information content (AvgIpc) is 1.98. The van der Waals surface area contributed by atoms with Crippen LogP contribution in [0.1, 0.15) is 13.8 Å². The van der Waals surface area contributed by atoms with Crippen molar-refractivity contribution >= 4 is 11.9 Å². The van der Waals surface area contributed by atoms with Gasteiger partial charge in [-0.1, -0.05) is 0 Å². The van der Waals surface area contributed by atoms with Crippen LogP contribution in [0.4, 0.5) is 4.79 Å². The van der Waals surface area contributed by atoms with Gasteiger partial charge in [0.05, 0.1) is 6.54 Å². The Balaban J connectivity index is 2.37. The Morgan fingerprint density at radius 3 is 2.40 bits per heavy atom. The molecular weight excluding hydrogens is 196 g/mol. The standard InChI is InChI=1S/C9H18N4O2/c1-6-3-13(4-7(2)11-6)5-8(14)12-9(10)15/h6-7,11H,3-5H2,1-2H3,(H3,10,12,14,15). The number of carbonyl (C=O) groups excluding carboxylic acids is 2. The van der Waals surface area contributed by atoms with Gasteiger partial charge in [0, 0.05) is 25.2 Å². The third-order valence-electron chi connectivity index (χ3n) is 2.26. The fraction of sp³-hybridized carbons (Fsp3) is 0.778. The minimum atomic E-state index is -0.795. The van der Waals surface area contributed by atoms with Crippen molar-refractivity contribution in [3.63, 3.8) is 0 Å². The van der Waals surface area contributed by atoms with Crippen LogP contribution in [0.15, 0.2) is 0 Å². The van der Waals surface area contributed by atoms with Gasteiger partial charge in [-0.3, -0.25) is 15.0 Å². The number of urea groups is 1. The fourth-order valence-electron chi connectivity index (χ4n) is 1.95. The van der Waals surface area contributed by atoms with E-state index in [1.807, 2.05) is 4.90 Å². The largest absolute Gasteiger partial charge is 0.351 e. The summed E-state index contributed by atoms with van der Waals surface area (Å²) in [5.74, 6) is -0.344. The van der Waals surface area contributed by atoms with E-state index in [1.54, 1.807) is 0 Å². The molecule has 15 heavy (non-hydrogen) atoms. The molecule has 0 aliphatic carbocycles. The maximum absolute atomic E-state index is 11.3. The third kappa shape index (κ3) is 4.26. The molecule has 0 radical (unpaired) electrons. The van der Waals surface area contributed by atoms with Crippen molar-refractivity contribution in [1.82, 2.24) is 15.5 Å². The van der Waals surface area contributed by atoms with Crippen LogP contribution in [0.3, 0.4) is 0 Å². The minimum Gasteiger partial charge on any atom is -0.351 e. The summed E-state index contributed by atoms with van der Waals surface area (Å²) >= 11 is 0. The van der Waals surface area contributed by atoms with Crippen LogP contribution in [-0.4, -0.2) is 48.6 Å². The van der Waals surface area contributed by atoms with Gasteiger partial charge in [0.2, 0.25) is 5.91 Å². The highest BCUT2D eigenvalue weighted by atomic mass is 16.2. The van der Waals surface area contributed by atoms with Crippen LogP contribution >= 0.6 is 0 Å². The molecule has 0 aromatic carbocycles. The van der Waals surface area contributed by atoms with Gasteiger partial charge in [-0.25, -0.2) is 4.79 Å². The second kappa shape index (κ2) is 5.09. The lowest BCUT2D eigenvalue weighted by molar-refractivity contribution is -0.121. The lowest BCUT2D eigenvalue weighted by Crippen LogP contribution is -2.56. The summed E-state index contributed by atoms with van der Waals surface area (Å²) in [5.41, 5.74) is 4.85. The molecule has 3 amide bonds. The number of piperazine rings is 1. The molecule has 2 unspecified atom stereocenters. The maximum Gasteiger partial charge on any atom is 0.318 e. The number of primary amides is 1. The number of amides is 3. The quantitative estimate of drug-likeness (QED) is 0.542. The predicted molar refractivity (Wildman–Crippen MR) is 56.2 cm³/mol. The first-order chi connectivity index (χ1) is 6.97. The van der Waals surface area contributed by atoms with Crippen molar-refractivity contribution in [1.29, 1.82) is 0 Å². The molecule has 1 saturated heterocycles. The maximum atomic E-state index is 11.3. The van der Waals surface area contributed by atoms with Crippen molar-refractivity contribution in [2.45, 2.75) is 25.9 Å². The Morgan fingerprint density at radius 1 is 1.40 bits per heavy atom. The molecule has 0 spiro atoms. The second-order valence-corrected chi connectivity index (χ2v) is 4.08. The first-order valence-corrected chi connectivity index (χ1v) is 5.05. The molecule has 4 N–H and O–H groups in total.